The second-order valence-corrected chi connectivity index (χ2v) is 5.41. The fourth-order valence-electron chi connectivity index (χ4n) is 2.12. The SMILES string of the molecule is CCc1cc2c(ccn2Cc2ccccc2)s1. The molecule has 86 valence electrons. The predicted molar refractivity (Wildman–Crippen MR) is 74.7 cm³/mol. The Balaban J connectivity index is 1.97. The highest BCUT2D eigenvalue weighted by Crippen LogP contribution is 2.27. The molecule has 0 fully saturated rings. The van der Waals surface area contributed by atoms with Gasteiger partial charge in [-0.25, -0.2) is 0 Å². The molecular weight excluding hydrogens is 226 g/mol. The number of hydrogen-bond acceptors (Lipinski definition) is 1. The summed E-state index contributed by atoms with van der Waals surface area (Å²) in [5.41, 5.74) is 2.73. The van der Waals surface area contributed by atoms with Gasteiger partial charge in [0.1, 0.15) is 0 Å². The maximum Gasteiger partial charge on any atom is 0.0595 e. The first-order valence-electron chi connectivity index (χ1n) is 5.98. The van der Waals surface area contributed by atoms with Gasteiger partial charge in [0, 0.05) is 17.6 Å². The van der Waals surface area contributed by atoms with E-state index in [1.807, 2.05) is 11.3 Å². The van der Waals surface area contributed by atoms with Crippen LogP contribution < -0.4 is 0 Å². The summed E-state index contributed by atoms with van der Waals surface area (Å²) < 4.78 is 3.73. The average molecular weight is 241 g/mol. The summed E-state index contributed by atoms with van der Waals surface area (Å²) in [5.74, 6) is 0. The highest BCUT2D eigenvalue weighted by atomic mass is 32.1. The van der Waals surface area contributed by atoms with E-state index in [1.54, 1.807) is 0 Å². The first-order chi connectivity index (χ1) is 8.36. The van der Waals surface area contributed by atoms with E-state index in [4.69, 9.17) is 0 Å². The molecule has 17 heavy (non-hydrogen) atoms. The van der Waals surface area contributed by atoms with Crippen LogP contribution in [0.4, 0.5) is 0 Å². The van der Waals surface area contributed by atoms with E-state index in [2.05, 4.69) is 60.2 Å². The molecule has 0 radical (unpaired) electrons. The van der Waals surface area contributed by atoms with Crippen LogP contribution in [0.25, 0.3) is 10.2 Å². The molecule has 2 aromatic heterocycles. The molecule has 0 N–H and O–H groups in total. The van der Waals surface area contributed by atoms with E-state index >= 15 is 0 Å². The van der Waals surface area contributed by atoms with Crippen molar-refractivity contribution >= 4 is 21.6 Å². The van der Waals surface area contributed by atoms with Crippen molar-refractivity contribution in [3.8, 4) is 0 Å². The van der Waals surface area contributed by atoms with Gasteiger partial charge >= 0.3 is 0 Å². The van der Waals surface area contributed by atoms with Crippen molar-refractivity contribution < 1.29 is 0 Å². The molecule has 3 aromatic rings. The van der Waals surface area contributed by atoms with Crippen molar-refractivity contribution in [3.63, 3.8) is 0 Å². The zero-order valence-electron chi connectivity index (χ0n) is 9.89. The topological polar surface area (TPSA) is 4.93 Å². The van der Waals surface area contributed by atoms with Crippen molar-refractivity contribution in [3.05, 3.63) is 59.1 Å². The molecule has 0 saturated heterocycles. The molecule has 0 saturated carbocycles. The second kappa shape index (κ2) is 4.38. The molecule has 2 heterocycles. The highest BCUT2D eigenvalue weighted by Gasteiger charge is 2.05. The smallest absolute Gasteiger partial charge is 0.0595 e. The predicted octanol–water partition coefficient (Wildman–Crippen LogP) is 4.31. The molecular formula is C15H15NS. The average Bonchev–Trinajstić information content (AvgIpc) is 2.92. The number of aryl methyl sites for hydroxylation is 1. The minimum absolute atomic E-state index is 0.963. The molecule has 1 nitrogen and oxygen atoms in total. The Morgan fingerprint density at radius 2 is 1.94 bits per heavy atom. The zero-order valence-corrected chi connectivity index (χ0v) is 10.7. The molecule has 0 amide bonds. The summed E-state index contributed by atoms with van der Waals surface area (Å²) in [6.45, 7) is 3.18. The molecule has 0 atom stereocenters. The van der Waals surface area contributed by atoms with Crippen molar-refractivity contribution in [1.82, 2.24) is 4.57 Å². The van der Waals surface area contributed by atoms with Gasteiger partial charge in [0.05, 0.1) is 10.2 Å². The molecule has 0 spiro atoms. The van der Waals surface area contributed by atoms with Gasteiger partial charge in [-0.3, -0.25) is 0 Å². The Morgan fingerprint density at radius 1 is 1.12 bits per heavy atom. The van der Waals surface area contributed by atoms with Crippen LogP contribution in [0.15, 0.2) is 48.7 Å². The van der Waals surface area contributed by atoms with Crippen molar-refractivity contribution in [2.75, 3.05) is 0 Å². The standard InChI is InChI=1S/C15H15NS/c1-2-13-10-14-15(17-13)8-9-16(14)11-12-6-4-3-5-7-12/h3-10H,2,11H2,1H3. The summed E-state index contributed by atoms with van der Waals surface area (Å²) >= 11 is 1.91. The third-order valence-electron chi connectivity index (χ3n) is 3.05. The van der Waals surface area contributed by atoms with Crippen LogP contribution >= 0.6 is 11.3 Å². The van der Waals surface area contributed by atoms with Crippen LogP contribution in [0.5, 0.6) is 0 Å². The highest BCUT2D eigenvalue weighted by molar-refractivity contribution is 7.19. The Labute approximate surface area is 105 Å². The molecule has 3 rings (SSSR count). The number of fused-ring (bicyclic) bond motifs is 1. The Hall–Kier alpha value is -1.54. The van der Waals surface area contributed by atoms with Crippen LogP contribution in [0.2, 0.25) is 0 Å². The van der Waals surface area contributed by atoms with Crippen LogP contribution in [0.1, 0.15) is 17.4 Å². The zero-order chi connectivity index (χ0) is 11.7. The number of aromatic nitrogens is 1. The van der Waals surface area contributed by atoms with Crippen molar-refractivity contribution in [2.45, 2.75) is 19.9 Å². The molecule has 1 aromatic carbocycles. The van der Waals surface area contributed by atoms with Gasteiger partial charge in [0.15, 0.2) is 0 Å². The Morgan fingerprint density at radius 3 is 2.71 bits per heavy atom. The van der Waals surface area contributed by atoms with Gasteiger partial charge in [-0.05, 0) is 24.1 Å². The number of thiophene rings is 1. The van der Waals surface area contributed by atoms with Crippen LogP contribution in [0, 0.1) is 0 Å². The lowest BCUT2D eigenvalue weighted by Crippen LogP contribution is -1.96. The van der Waals surface area contributed by atoms with E-state index in [0.29, 0.717) is 0 Å². The van der Waals surface area contributed by atoms with E-state index in [9.17, 15) is 0 Å². The maximum absolute atomic E-state index is 2.33. The normalized spacial score (nSPS) is 11.1. The minimum atomic E-state index is 0.963. The first-order valence-corrected chi connectivity index (χ1v) is 6.80. The first kappa shape index (κ1) is 10.6. The molecule has 0 unspecified atom stereocenters. The fraction of sp³-hybridized carbons (Fsp3) is 0.200. The summed E-state index contributed by atoms with van der Waals surface area (Å²) in [6.07, 6.45) is 3.32. The maximum atomic E-state index is 2.33. The van der Waals surface area contributed by atoms with Gasteiger partial charge in [-0.1, -0.05) is 37.3 Å². The molecule has 0 aliphatic carbocycles. The lowest BCUT2D eigenvalue weighted by Gasteiger charge is -2.03. The quantitative estimate of drug-likeness (QED) is 0.644. The van der Waals surface area contributed by atoms with E-state index < -0.39 is 0 Å². The third-order valence-corrected chi connectivity index (χ3v) is 4.28. The molecule has 2 heteroatoms. The molecule has 0 aliphatic heterocycles. The van der Waals surface area contributed by atoms with Crippen molar-refractivity contribution in [1.29, 1.82) is 0 Å². The Kier molecular flexibility index (Phi) is 2.73. The minimum Gasteiger partial charge on any atom is -0.342 e. The van der Waals surface area contributed by atoms with Gasteiger partial charge in [0.2, 0.25) is 0 Å². The van der Waals surface area contributed by atoms with Gasteiger partial charge in [-0.15, -0.1) is 11.3 Å². The second-order valence-electron chi connectivity index (χ2n) is 4.24. The van der Waals surface area contributed by atoms with Gasteiger partial charge in [0.25, 0.3) is 0 Å². The molecule has 0 bridgehead atoms. The lowest BCUT2D eigenvalue weighted by atomic mass is 10.2. The van der Waals surface area contributed by atoms with E-state index in [0.717, 1.165) is 13.0 Å². The van der Waals surface area contributed by atoms with E-state index in [-0.39, 0.29) is 0 Å². The molecule has 0 aliphatic rings. The van der Waals surface area contributed by atoms with Crippen molar-refractivity contribution in [2.24, 2.45) is 0 Å². The van der Waals surface area contributed by atoms with Crippen LogP contribution in [-0.2, 0) is 13.0 Å². The largest absolute Gasteiger partial charge is 0.342 e. The number of rotatable bonds is 3. The number of nitrogens with zero attached hydrogens (tertiary/aromatic N) is 1. The third kappa shape index (κ3) is 2.01. The van der Waals surface area contributed by atoms with E-state index in [1.165, 1.54) is 20.7 Å². The number of benzene rings is 1. The summed E-state index contributed by atoms with van der Waals surface area (Å²) in [4.78, 5) is 1.47. The monoisotopic (exact) mass is 241 g/mol. The fourth-order valence-corrected chi connectivity index (χ4v) is 3.13. The van der Waals surface area contributed by atoms with Gasteiger partial charge in [-0.2, -0.15) is 0 Å². The van der Waals surface area contributed by atoms with Crippen LogP contribution in [-0.4, -0.2) is 4.57 Å². The summed E-state index contributed by atoms with van der Waals surface area (Å²) in [5, 5.41) is 0. The lowest BCUT2D eigenvalue weighted by molar-refractivity contribution is 0.837. The summed E-state index contributed by atoms with van der Waals surface area (Å²) in [6, 6.07) is 15.2. The summed E-state index contributed by atoms with van der Waals surface area (Å²) in [7, 11) is 0. The van der Waals surface area contributed by atoms with Gasteiger partial charge < -0.3 is 4.57 Å². The van der Waals surface area contributed by atoms with Crippen LogP contribution in [0.3, 0.4) is 0 Å². The Bertz CT molecular complexity index is 619. The number of hydrogen-bond donors (Lipinski definition) is 0.